The number of hydrogen-bond donors (Lipinski definition) is 0. The van der Waals surface area contributed by atoms with Crippen molar-refractivity contribution in [1.82, 2.24) is 0 Å². The summed E-state index contributed by atoms with van der Waals surface area (Å²) in [6.45, 7) is 1.38. The largest absolute Gasteiger partial charge is 0.454 e. The van der Waals surface area contributed by atoms with Crippen LogP contribution in [-0.2, 0) is 9.53 Å². The Labute approximate surface area is 114 Å². The van der Waals surface area contributed by atoms with Crippen LogP contribution in [0.4, 0.5) is 0 Å². The molecule has 0 heterocycles. The Morgan fingerprint density at radius 2 is 1.80 bits per heavy atom. The summed E-state index contributed by atoms with van der Waals surface area (Å²) in [5.41, 5.74) is 0.901. The summed E-state index contributed by atoms with van der Waals surface area (Å²) in [6.07, 6.45) is -0.434. The maximum atomic E-state index is 11.0. The lowest BCUT2D eigenvalue weighted by atomic mass is 10.1. The number of alkyl halides is 3. The van der Waals surface area contributed by atoms with Gasteiger partial charge in [0.15, 0.2) is 8.25 Å². The normalized spacial score (nSPS) is 13.3. The van der Waals surface area contributed by atoms with Crippen LogP contribution in [0.15, 0.2) is 30.3 Å². The van der Waals surface area contributed by atoms with Crippen molar-refractivity contribution in [3.63, 3.8) is 0 Å². The summed E-state index contributed by atoms with van der Waals surface area (Å²) in [7, 11) is 0. The van der Waals surface area contributed by atoms with Gasteiger partial charge in [-0.2, -0.15) is 0 Å². The highest BCUT2D eigenvalue weighted by Gasteiger charge is 2.34. The van der Waals surface area contributed by atoms with Crippen LogP contribution in [0, 0.1) is 0 Å². The van der Waals surface area contributed by atoms with E-state index in [4.69, 9.17) is 4.74 Å². The van der Waals surface area contributed by atoms with Crippen LogP contribution in [0.2, 0.25) is 0 Å². The molecule has 0 aliphatic heterocycles. The zero-order chi connectivity index (χ0) is 11.5. The van der Waals surface area contributed by atoms with E-state index in [2.05, 4.69) is 47.8 Å². The van der Waals surface area contributed by atoms with Gasteiger partial charge in [-0.15, -0.1) is 0 Å². The number of benzene rings is 1. The fraction of sp³-hybridized carbons (Fsp3) is 0.300. The highest BCUT2D eigenvalue weighted by Crippen LogP contribution is 2.47. The molecule has 0 fully saturated rings. The molecule has 0 radical (unpaired) electrons. The summed E-state index contributed by atoms with van der Waals surface area (Å²) >= 11 is 10.1. The molecule has 1 atom stereocenters. The molecule has 0 amide bonds. The van der Waals surface area contributed by atoms with E-state index < -0.39 is 8.25 Å². The molecule has 1 unspecified atom stereocenters. The topological polar surface area (TPSA) is 26.3 Å². The molecule has 0 saturated heterocycles. The summed E-state index contributed by atoms with van der Waals surface area (Å²) in [4.78, 5) is 11.0. The second kappa shape index (κ2) is 5.46. The predicted octanol–water partition coefficient (Wildman–Crippen LogP) is 4.13. The Morgan fingerprint density at radius 3 is 2.20 bits per heavy atom. The Bertz CT molecular complexity index is 332. The van der Waals surface area contributed by atoms with Gasteiger partial charge >= 0.3 is 5.97 Å². The quantitative estimate of drug-likeness (QED) is 0.551. The molecule has 0 saturated carbocycles. The second-order valence-electron chi connectivity index (χ2n) is 2.94. The van der Waals surface area contributed by atoms with Crippen molar-refractivity contribution >= 4 is 53.8 Å². The Kier molecular flexibility index (Phi) is 4.80. The molecule has 15 heavy (non-hydrogen) atoms. The lowest BCUT2D eigenvalue weighted by Crippen LogP contribution is -2.20. The smallest absolute Gasteiger partial charge is 0.303 e. The van der Waals surface area contributed by atoms with Crippen LogP contribution >= 0.6 is 47.8 Å². The third kappa shape index (κ3) is 4.25. The van der Waals surface area contributed by atoms with Gasteiger partial charge < -0.3 is 4.74 Å². The van der Waals surface area contributed by atoms with Crippen molar-refractivity contribution < 1.29 is 9.53 Å². The standard InChI is InChI=1S/C10H9Br3O2/c1-7(14)15-9(10(11,12)13)8-5-3-2-4-6-8/h2-6,9H,1H3. The lowest BCUT2D eigenvalue weighted by molar-refractivity contribution is -0.146. The molecule has 82 valence electrons. The van der Waals surface area contributed by atoms with E-state index in [-0.39, 0.29) is 5.97 Å². The molecular weight excluding hydrogens is 392 g/mol. The average molecular weight is 401 g/mol. The Balaban J connectivity index is 2.97. The van der Waals surface area contributed by atoms with Gasteiger partial charge in [-0.1, -0.05) is 78.1 Å². The first-order valence-corrected chi connectivity index (χ1v) is 6.58. The number of carbonyl (C=O) groups is 1. The van der Waals surface area contributed by atoms with E-state index in [1.807, 2.05) is 30.3 Å². The first-order valence-electron chi connectivity index (χ1n) is 4.20. The summed E-state index contributed by atoms with van der Waals surface area (Å²) in [5.74, 6) is -0.327. The Morgan fingerprint density at radius 1 is 1.27 bits per heavy atom. The third-order valence-electron chi connectivity index (χ3n) is 1.68. The van der Waals surface area contributed by atoms with E-state index in [0.717, 1.165) is 5.56 Å². The van der Waals surface area contributed by atoms with Crippen LogP contribution in [0.5, 0.6) is 0 Å². The molecule has 0 spiro atoms. The minimum absolute atomic E-state index is 0.327. The maximum absolute atomic E-state index is 11.0. The minimum atomic E-state index is -0.653. The highest BCUT2D eigenvalue weighted by molar-refractivity contribution is 9.39. The number of esters is 1. The third-order valence-corrected chi connectivity index (χ3v) is 2.93. The van der Waals surface area contributed by atoms with Crippen LogP contribution < -0.4 is 0 Å². The zero-order valence-corrected chi connectivity index (χ0v) is 12.7. The number of rotatable bonds is 2. The van der Waals surface area contributed by atoms with Crippen LogP contribution in [0.3, 0.4) is 0 Å². The highest BCUT2D eigenvalue weighted by atomic mass is 80.0. The van der Waals surface area contributed by atoms with E-state index >= 15 is 0 Å². The molecule has 0 bridgehead atoms. The first kappa shape index (κ1) is 13.2. The molecule has 0 aliphatic carbocycles. The lowest BCUT2D eigenvalue weighted by Gasteiger charge is -2.25. The number of carbonyl (C=O) groups excluding carboxylic acids is 1. The SMILES string of the molecule is CC(=O)OC(c1ccccc1)C(Br)(Br)Br. The number of halogens is 3. The number of ether oxygens (including phenoxy) is 1. The summed E-state index contributed by atoms with van der Waals surface area (Å²) in [6, 6.07) is 9.49. The Hall–Kier alpha value is 0.130. The fourth-order valence-corrected chi connectivity index (χ4v) is 2.19. The van der Waals surface area contributed by atoms with Gasteiger partial charge in [-0.3, -0.25) is 4.79 Å². The van der Waals surface area contributed by atoms with Crippen LogP contribution in [-0.4, -0.2) is 8.11 Å². The van der Waals surface area contributed by atoms with E-state index in [1.165, 1.54) is 6.92 Å². The fourth-order valence-electron chi connectivity index (χ4n) is 1.12. The van der Waals surface area contributed by atoms with Gasteiger partial charge in [-0.25, -0.2) is 0 Å². The van der Waals surface area contributed by atoms with E-state index in [9.17, 15) is 4.79 Å². The van der Waals surface area contributed by atoms with Gasteiger partial charge in [0.2, 0.25) is 0 Å². The van der Waals surface area contributed by atoms with Crippen molar-refractivity contribution in [3.05, 3.63) is 35.9 Å². The average Bonchev–Trinajstić information content (AvgIpc) is 2.14. The van der Waals surface area contributed by atoms with Gasteiger partial charge in [0.25, 0.3) is 0 Å². The summed E-state index contributed by atoms with van der Waals surface area (Å²) < 4.78 is 4.57. The van der Waals surface area contributed by atoms with Crippen molar-refractivity contribution in [1.29, 1.82) is 0 Å². The maximum Gasteiger partial charge on any atom is 0.303 e. The predicted molar refractivity (Wildman–Crippen MR) is 70.5 cm³/mol. The van der Waals surface area contributed by atoms with Crippen LogP contribution in [0.1, 0.15) is 18.6 Å². The molecule has 0 aromatic heterocycles. The molecule has 0 aliphatic rings. The van der Waals surface area contributed by atoms with Gasteiger partial charge in [-0.05, 0) is 5.56 Å². The monoisotopic (exact) mass is 398 g/mol. The van der Waals surface area contributed by atoms with E-state index in [0.29, 0.717) is 0 Å². The van der Waals surface area contributed by atoms with Crippen molar-refractivity contribution in [2.75, 3.05) is 0 Å². The number of hydrogen-bond acceptors (Lipinski definition) is 2. The zero-order valence-electron chi connectivity index (χ0n) is 7.91. The van der Waals surface area contributed by atoms with Gasteiger partial charge in [0.05, 0.1) is 0 Å². The molecule has 5 heteroatoms. The minimum Gasteiger partial charge on any atom is -0.454 e. The van der Waals surface area contributed by atoms with Crippen LogP contribution in [0.25, 0.3) is 0 Å². The molecule has 1 aromatic carbocycles. The van der Waals surface area contributed by atoms with E-state index in [1.54, 1.807) is 0 Å². The first-order chi connectivity index (χ1) is 6.91. The van der Waals surface area contributed by atoms with Gasteiger partial charge in [0.1, 0.15) is 0 Å². The molecular formula is C10H9Br3O2. The molecule has 1 rings (SSSR count). The molecule has 2 nitrogen and oxygen atoms in total. The van der Waals surface area contributed by atoms with Crippen molar-refractivity contribution in [2.24, 2.45) is 0 Å². The molecule has 1 aromatic rings. The second-order valence-corrected chi connectivity index (χ2v) is 9.89. The van der Waals surface area contributed by atoms with Crippen molar-refractivity contribution in [3.8, 4) is 0 Å². The van der Waals surface area contributed by atoms with Crippen molar-refractivity contribution in [2.45, 2.75) is 15.2 Å². The molecule has 0 N–H and O–H groups in total. The van der Waals surface area contributed by atoms with Gasteiger partial charge in [0, 0.05) is 6.92 Å². The summed E-state index contributed by atoms with van der Waals surface area (Å²) in [5, 5.41) is 0.